The van der Waals surface area contributed by atoms with E-state index in [1.807, 2.05) is 0 Å². The molecule has 1 aliphatic carbocycles. The van der Waals surface area contributed by atoms with Crippen molar-refractivity contribution < 1.29 is 19.1 Å². The third-order valence-electron chi connectivity index (χ3n) is 5.59. The van der Waals surface area contributed by atoms with Crippen LogP contribution < -0.4 is 0 Å². The number of rotatable bonds is 15. The number of carbonyl (C=O) groups is 3. The van der Waals surface area contributed by atoms with Gasteiger partial charge in [-0.15, -0.1) is 0 Å². The summed E-state index contributed by atoms with van der Waals surface area (Å²) in [5.41, 5.74) is 0. The largest absolute Gasteiger partial charge is 0.460 e. The lowest BCUT2D eigenvalue weighted by atomic mass is 9.86. The molecule has 0 aromatic heterocycles. The summed E-state index contributed by atoms with van der Waals surface area (Å²) in [5.74, 6) is 0.132. The van der Waals surface area contributed by atoms with Gasteiger partial charge in [-0.05, 0) is 38.5 Å². The van der Waals surface area contributed by atoms with E-state index in [2.05, 4.69) is 6.92 Å². The molecule has 0 amide bonds. The average Bonchev–Trinajstić information content (AvgIpc) is 2.97. The van der Waals surface area contributed by atoms with Crippen LogP contribution in [0.15, 0.2) is 0 Å². The van der Waals surface area contributed by atoms with E-state index in [0.717, 1.165) is 32.1 Å². The molecule has 0 heterocycles. The van der Waals surface area contributed by atoms with Crippen molar-refractivity contribution in [2.75, 3.05) is 6.61 Å². The van der Waals surface area contributed by atoms with Gasteiger partial charge in [0.15, 0.2) is 0 Å². The molecule has 0 radical (unpaired) electrons. The maximum absolute atomic E-state index is 12.2. The van der Waals surface area contributed by atoms with E-state index in [1.165, 1.54) is 44.9 Å². The number of hydrogen-bond acceptors (Lipinski definition) is 4. The Morgan fingerprint density at radius 1 is 0.923 bits per heavy atom. The van der Waals surface area contributed by atoms with E-state index in [-0.39, 0.29) is 18.9 Å². The third-order valence-corrected chi connectivity index (χ3v) is 5.59. The Bertz CT molecular complexity index is 430. The number of hydrogen-bond donors (Lipinski definition) is 0. The van der Waals surface area contributed by atoms with E-state index in [1.54, 1.807) is 6.92 Å². The molecule has 0 bridgehead atoms. The predicted octanol–water partition coefficient (Wildman–Crippen LogP) is 5.42. The third kappa shape index (κ3) is 8.95. The first-order valence-electron chi connectivity index (χ1n) is 10.8. The molecule has 0 aromatic carbocycles. The van der Waals surface area contributed by atoms with E-state index in [0.29, 0.717) is 18.1 Å². The summed E-state index contributed by atoms with van der Waals surface area (Å²) < 4.78 is 4.71. The molecular formula is C22H38O4. The van der Waals surface area contributed by atoms with E-state index in [4.69, 9.17) is 4.74 Å². The molecule has 1 aliphatic rings. The van der Waals surface area contributed by atoms with Gasteiger partial charge in [0.05, 0.1) is 6.61 Å². The van der Waals surface area contributed by atoms with Crippen molar-refractivity contribution in [3.8, 4) is 0 Å². The number of ether oxygens (including phenoxy) is 1. The van der Waals surface area contributed by atoms with Crippen LogP contribution in [0, 0.1) is 11.8 Å². The minimum Gasteiger partial charge on any atom is -0.460 e. The van der Waals surface area contributed by atoms with Crippen molar-refractivity contribution >= 4 is 17.5 Å². The maximum Gasteiger partial charge on any atom is 0.374 e. The Hall–Kier alpha value is -1.19. The second-order valence-corrected chi connectivity index (χ2v) is 7.67. The van der Waals surface area contributed by atoms with Gasteiger partial charge in [0.2, 0.25) is 5.78 Å². The van der Waals surface area contributed by atoms with Crippen LogP contribution in [0.3, 0.4) is 0 Å². The second kappa shape index (κ2) is 13.9. The zero-order chi connectivity index (χ0) is 19.2. The number of carbonyl (C=O) groups excluding carboxylic acids is 3. The monoisotopic (exact) mass is 366 g/mol. The van der Waals surface area contributed by atoms with Crippen molar-refractivity contribution in [3.63, 3.8) is 0 Å². The number of unbranched alkanes of at least 4 members (excludes halogenated alkanes) is 7. The Morgan fingerprint density at radius 3 is 2.31 bits per heavy atom. The van der Waals surface area contributed by atoms with Gasteiger partial charge in [-0.2, -0.15) is 0 Å². The summed E-state index contributed by atoms with van der Waals surface area (Å²) in [4.78, 5) is 35.0. The van der Waals surface area contributed by atoms with Crippen molar-refractivity contribution in [1.82, 2.24) is 0 Å². The Morgan fingerprint density at radius 2 is 1.58 bits per heavy atom. The maximum atomic E-state index is 12.2. The van der Waals surface area contributed by atoms with Gasteiger partial charge in [0, 0.05) is 18.8 Å². The highest BCUT2D eigenvalue weighted by molar-refractivity contribution is 6.33. The van der Waals surface area contributed by atoms with Crippen LogP contribution in [-0.2, 0) is 19.1 Å². The highest BCUT2D eigenvalue weighted by Gasteiger charge is 2.33. The molecule has 0 saturated heterocycles. The summed E-state index contributed by atoms with van der Waals surface area (Å²) in [6.45, 7) is 4.18. The van der Waals surface area contributed by atoms with Crippen molar-refractivity contribution in [3.05, 3.63) is 0 Å². The molecule has 4 nitrogen and oxygen atoms in total. The minimum absolute atomic E-state index is 0.242. The van der Waals surface area contributed by atoms with Crippen LogP contribution in [0.1, 0.15) is 104 Å². The fourth-order valence-electron chi connectivity index (χ4n) is 4.05. The molecular weight excluding hydrogens is 328 g/mol. The molecule has 0 aliphatic heterocycles. The van der Waals surface area contributed by atoms with Gasteiger partial charge >= 0.3 is 5.97 Å². The molecule has 2 atom stereocenters. The standard InChI is InChI=1S/C22H38O4/c1-3-5-6-7-8-10-13-18-16-17-20(23)19(18)14-11-9-12-15-21(24)22(25)26-4-2/h18-19H,3-17H2,1-2H3/t18-,19+/m0/s1. The van der Waals surface area contributed by atoms with E-state index >= 15 is 0 Å². The SMILES string of the molecule is CCCCCCCC[C@H]1CCC(=O)[C@@H]1CCCCCC(=O)C(=O)OCC. The van der Waals surface area contributed by atoms with Crippen LogP contribution >= 0.6 is 0 Å². The fraction of sp³-hybridized carbons (Fsp3) is 0.864. The zero-order valence-corrected chi connectivity index (χ0v) is 16.9. The molecule has 0 N–H and O–H groups in total. The second-order valence-electron chi connectivity index (χ2n) is 7.67. The van der Waals surface area contributed by atoms with Crippen molar-refractivity contribution in [2.45, 2.75) is 104 Å². The van der Waals surface area contributed by atoms with E-state index < -0.39 is 11.8 Å². The minimum atomic E-state index is -0.711. The summed E-state index contributed by atoms with van der Waals surface area (Å²) in [6.07, 6.45) is 14.7. The van der Waals surface area contributed by atoms with Gasteiger partial charge in [-0.3, -0.25) is 9.59 Å². The molecule has 1 saturated carbocycles. The summed E-state index contributed by atoms with van der Waals surface area (Å²) in [5, 5.41) is 0. The predicted molar refractivity (Wildman–Crippen MR) is 104 cm³/mol. The number of Topliss-reactive ketones (excluding diaryl/α,β-unsaturated/α-hetero) is 2. The zero-order valence-electron chi connectivity index (χ0n) is 16.9. The lowest BCUT2D eigenvalue weighted by Gasteiger charge is -2.18. The van der Waals surface area contributed by atoms with Crippen LogP contribution in [-0.4, -0.2) is 24.1 Å². The first-order valence-corrected chi connectivity index (χ1v) is 10.8. The van der Waals surface area contributed by atoms with Crippen LogP contribution in [0.4, 0.5) is 0 Å². The quantitative estimate of drug-likeness (QED) is 0.221. The smallest absolute Gasteiger partial charge is 0.374 e. The normalized spacial score (nSPS) is 19.7. The lowest BCUT2D eigenvalue weighted by molar-refractivity contribution is -0.153. The molecule has 26 heavy (non-hydrogen) atoms. The Labute approximate surface area is 159 Å². The lowest BCUT2D eigenvalue weighted by Crippen LogP contribution is -2.17. The van der Waals surface area contributed by atoms with Crippen LogP contribution in [0.2, 0.25) is 0 Å². The molecule has 1 rings (SSSR count). The number of ketones is 2. The van der Waals surface area contributed by atoms with Gasteiger partial charge in [0.1, 0.15) is 5.78 Å². The Kier molecular flexibility index (Phi) is 12.3. The number of esters is 1. The van der Waals surface area contributed by atoms with Gasteiger partial charge in [0.25, 0.3) is 0 Å². The summed E-state index contributed by atoms with van der Waals surface area (Å²) in [6, 6.07) is 0. The first kappa shape index (κ1) is 22.9. The fourth-order valence-corrected chi connectivity index (χ4v) is 4.05. The molecule has 150 valence electrons. The summed E-state index contributed by atoms with van der Waals surface area (Å²) in [7, 11) is 0. The van der Waals surface area contributed by atoms with Crippen molar-refractivity contribution in [2.24, 2.45) is 11.8 Å². The van der Waals surface area contributed by atoms with E-state index in [9.17, 15) is 14.4 Å². The molecule has 0 aromatic rings. The highest BCUT2D eigenvalue weighted by Crippen LogP contribution is 2.36. The molecule has 0 spiro atoms. The Balaban J connectivity index is 2.15. The first-order chi connectivity index (χ1) is 12.6. The van der Waals surface area contributed by atoms with Gasteiger partial charge in [-0.25, -0.2) is 4.79 Å². The van der Waals surface area contributed by atoms with Crippen LogP contribution in [0.25, 0.3) is 0 Å². The average molecular weight is 367 g/mol. The molecule has 4 heteroatoms. The topological polar surface area (TPSA) is 60.4 Å². The summed E-state index contributed by atoms with van der Waals surface area (Å²) >= 11 is 0. The molecule has 1 fully saturated rings. The van der Waals surface area contributed by atoms with Crippen molar-refractivity contribution in [1.29, 1.82) is 0 Å². The highest BCUT2D eigenvalue weighted by atomic mass is 16.5. The van der Waals surface area contributed by atoms with Gasteiger partial charge in [-0.1, -0.05) is 58.3 Å². The van der Waals surface area contributed by atoms with Gasteiger partial charge < -0.3 is 4.74 Å². The molecule has 0 unspecified atom stereocenters. The van der Waals surface area contributed by atoms with Crippen LogP contribution in [0.5, 0.6) is 0 Å².